The molecule has 4 aromatic rings. The van der Waals surface area contributed by atoms with Crippen LogP contribution in [0.3, 0.4) is 0 Å². The lowest BCUT2D eigenvalue weighted by molar-refractivity contribution is -0.189. The van der Waals surface area contributed by atoms with E-state index in [0.717, 1.165) is 16.7 Å². The largest absolute Gasteiger partial charge is 0.377 e. The van der Waals surface area contributed by atoms with E-state index in [1.54, 1.807) is 29.4 Å². The number of rotatable bonds is 8. The molecule has 0 saturated carbocycles. The van der Waals surface area contributed by atoms with Gasteiger partial charge in [0, 0.05) is 30.3 Å². The number of nitrogens with zero attached hydrogens (tertiary/aromatic N) is 6. The molecule has 2 amide bonds. The van der Waals surface area contributed by atoms with Crippen LogP contribution in [0.25, 0.3) is 22.0 Å². The average Bonchev–Trinajstić information content (AvgIpc) is 3.55. The van der Waals surface area contributed by atoms with E-state index in [-0.39, 0.29) is 55.0 Å². The summed E-state index contributed by atoms with van der Waals surface area (Å²) in [7, 11) is 0. The summed E-state index contributed by atoms with van der Waals surface area (Å²) in [4.78, 5) is 55.1. The number of carbonyl (C=O) groups excluding carboxylic acids is 3. The second-order valence-corrected chi connectivity index (χ2v) is 12.9. The highest BCUT2D eigenvalue weighted by atomic mass is 79.9. The number of likely N-dealkylation sites (tertiary alicyclic amines) is 1. The van der Waals surface area contributed by atoms with Gasteiger partial charge in [-0.05, 0) is 77.0 Å². The molecule has 238 valence electrons. The first kappa shape index (κ1) is 31.6. The van der Waals surface area contributed by atoms with Crippen LogP contribution < -0.4 is 5.32 Å². The molecule has 46 heavy (non-hydrogen) atoms. The number of ketones is 1. The monoisotopic (exact) mass is 687 g/mol. The third-order valence-electron chi connectivity index (χ3n) is 8.71. The SMILES string of the molecule is C=C[C@@H]1[C@@H](C)C[C@@H](C(=O)Nc2nc(Br)ccc2C)N1C(=O)Cn1nc(C(C)=O)c2cc(-c3cnc(C4(O)COC4)nc3)cc(C)c21. The van der Waals surface area contributed by atoms with Crippen molar-refractivity contribution in [2.45, 2.75) is 58.3 Å². The molecule has 13 heteroatoms. The molecule has 0 unspecified atom stereocenters. The van der Waals surface area contributed by atoms with E-state index in [9.17, 15) is 19.5 Å². The van der Waals surface area contributed by atoms with Crippen molar-refractivity contribution in [2.24, 2.45) is 5.92 Å². The summed E-state index contributed by atoms with van der Waals surface area (Å²) in [6.07, 6.45) is 5.40. The normalized spacial score (nSPS) is 20.4. The van der Waals surface area contributed by atoms with Crippen molar-refractivity contribution in [2.75, 3.05) is 18.5 Å². The molecule has 3 aromatic heterocycles. The second-order valence-electron chi connectivity index (χ2n) is 12.1. The van der Waals surface area contributed by atoms with Crippen LogP contribution in [0.1, 0.15) is 47.7 Å². The number of fused-ring (bicyclic) bond motifs is 1. The summed E-state index contributed by atoms with van der Waals surface area (Å²) in [5, 5.41) is 18.6. The molecule has 2 saturated heterocycles. The number of halogens is 1. The standard InChI is InChI=1S/C33H34BrN7O5/c1-6-24-18(3)10-25(31(44)38-30-17(2)7-8-26(34)37-30)41(24)27(43)14-40-29-19(4)9-21(11-23(29)28(39-40)20(5)42)22-12-35-32(36-13-22)33(45)15-46-16-33/h6-9,11-13,18,24-25,45H,1,10,14-16H2,2-5H3,(H,37,38,44)/t18-,24+,25-/m0/s1. The number of aryl methyl sites for hydroxylation is 2. The predicted molar refractivity (Wildman–Crippen MR) is 174 cm³/mol. The maximum atomic E-state index is 14.1. The van der Waals surface area contributed by atoms with Crippen molar-refractivity contribution in [1.29, 1.82) is 0 Å². The molecule has 0 spiro atoms. The summed E-state index contributed by atoms with van der Waals surface area (Å²) in [6, 6.07) is 6.28. The average molecular weight is 689 g/mol. The highest BCUT2D eigenvalue weighted by molar-refractivity contribution is 9.10. The van der Waals surface area contributed by atoms with Crippen LogP contribution in [0.5, 0.6) is 0 Å². The zero-order chi connectivity index (χ0) is 32.9. The Kier molecular flexibility index (Phi) is 8.34. The zero-order valence-electron chi connectivity index (χ0n) is 26.0. The van der Waals surface area contributed by atoms with Crippen LogP contribution in [-0.2, 0) is 26.5 Å². The van der Waals surface area contributed by atoms with Gasteiger partial charge in [0.15, 0.2) is 17.2 Å². The summed E-state index contributed by atoms with van der Waals surface area (Å²) in [5.74, 6) is -0.201. The third kappa shape index (κ3) is 5.63. The Morgan fingerprint density at radius 3 is 2.50 bits per heavy atom. The number of carbonyl (C=O) groups is 3. The van der Waals surface area contributed by atoms with Crippen molar-refractivity contribution in [3.05, 3.63) is 76.6 Å². The van der Waals surface area contributed by atoms with E-state index < -0.39 is 11.6 Å². The molecule has 1 aromatic carbocycles. The molecule has 5 heterocycles. The quantitative estimate of drug-likeness (QED) is 0.158. The van der Waals surface area contributed by atoms with E-state index in [2.05, 4.69) is 47.9 Å². The number of nitrogens with one attached hydrogen (secondary N) is 1. The highest BCUT2D eigenvalue weighted by Gasteiger charge is 2.44. The number of benzene rings is 1. The Hall–Kier alpha value is -4.33. The number of hydrogen-bond acceptors (Lipinski definition) is 9. The Morgan fingerprint density at radius 1 is 1.15 bits per heavy atom. The number of hydrogen-bond donors (Lipinski definition) is 2. The van der Waals surface area contributed by atoms with E-state index in [0.29, 0.717) is 39.1 Å². The van der Waals surface area contributed by atoms with E-state index >= 15 is 0 Å². The van der Waals surface area contributed by atoms with Gasteiger partial charge in [-0.15, -0.1) is 6.58 Å². The summed E-state index contributed by atoms with van der Waals surface area (Å²) >= 11 is 3.35. The molecular formula is C33H34BrN7O5. The van der Waals surface area contributed by atoms with Gasteiger partial charge >= 0.3 is 0 Å². The maximum absolute atomic E-state index is 14.1. The van der Waals surface area contributed by atoms with Crippen LogP contribution in [0.15, 0.2) is 53.9 Å². The van der Waals surface area contributed by atoms with Crippen LogP contribution in [0.2, 0.25) is 0 Å². The Balaban J connectivity index is 1.31. The van der Waals surface area contributed by atoms with E-state index in [1.165, 1.54) is 11.6 Å². The van der Waals surface area contributed by atoms with Gasteiger partial charge in [-0.1, -0.05) is 19.1 Å². The van der Waals surface area contributed by atoms with E-state index in [1.807, 2.05) is 39.0 Å². The summed E-state index contributed by atoms with van der Waals surface area (Å²) < 4.78 is 7.23. The third-order valence-corrected chi connectivity index (χ3v) is 9.15. The van der Waals surface area contributed by atoms with Gasteiger partial charge in [0.2, 0.25) is 11.8 Å². The van der Waals surface area contributed by atoms with Gasteiger partial charge in [0.1, 0.15) is 28.7 Å². The molecule has 3 atom stereocenters. The summed E-state index contributed by atoms with van der Waals surface area (Å²) in [6.45, 7) is 11.2. The Labute approximate surface area is 274 Å². The van der Waals surface area contributed by atoms with Crippen LogP contribution >= 0.6 is 15.9 Å². The van der Waals surface area contributed by atoms with Crippen molar-refractivity contribution < 1.29 is 24.2 Å². The topological polar surface area (TPSA) is 152 Å². The number of aromatic nitrogens is 5. The van der Waals surface area contributed by atoms with Crippen LogP contribution in [-0.4, -0.2) is 77.6 Å². The number of amides is 2. The van der Waals surface area contributed by atoms with Gasteiger partial charge in [-0.2, -0.15) is 5.10 Å². The van der Waals surface area contributed by atoms with Crippen molar-refractivity contribution >= 4 is 50.2 Å². The van der Waals surface area contributed by atoms with Crippen molar-refractivity contribution in [1.82, 2.24) is 29.6 Å². The second kappa shape index (κ2) is 12.1. The van der Waals surface area contributed by atoms with E-state index in [4.69, 9.17) is 4.74 Å². The first-order chi connectivity index (χ1) is 21.9. The molecule has 0 radical (unpaired) electrons. The molecule has 0 aliphatic carbocycles. The fraction of sp³-hybridized carbons (Fsp3) is 0.364. The lowest BCUT2D eigenvalue weighted by Gasteiger charge is -2.34. The Bertz CT molecular complexity index is 1890. The number of ether oxygens (including phenoxy) is 1. The summed E-state index contributed by atoms with van der Waals surface area (Å²) in [5.41, 5.74) is 2.72. The molecule has 12 nitrogen and oxygen atoms in total. The number of aliphatic hydroxyl groups is 1. The van der Waals surface area contributed by atoms with Gasteiger partial charge in [0.25, 0.3) is 0 Å². The first-order valence-electron chi connectivity index (χ1n) is 14.9. The maximum Gasteiger partial charge on any atom is 0.248 e. The molecule has 2 aliphatic rings. The van der Waals surface area contributed by atoms with Gasteiger partial charge < -0.3 is 20.1 Å². The fourth-order valence-electron chi connectivity index (χ4n) is 6.26. The highest BCUT2D eigenvalue weighted by Crippen LogP contribution is 2.34. The lowest BCUT2D eigenvalue weighted by Crippen LogP contribution is -2.48. The minimum Gasteiger partial charge on any atom is -0.377 e. The molecule has 6 rings (SSSR count). The number of Topliss-reactive ketones (excluding diaryl/α,β-unsaturated/α-hetero) is 1. The predicted octanol–water partition coefficient (Wildman–Crippen LogP) is 4.12. The number of anilines is 1. The molecular weight excluding hydrogens is 654 g/mol. The molecule has 2 fully saturated rings. The smallest absolute Gasteiger partial charge is 0.248 e. The minimum absolute atomic E-state index is 0.00802. The van der Waals surface area contributed by atoms with Gasteiger partial charge in [0.05, 0.1) is 24.8 Å². The van der Waals surface area contributed by atoms with Crippen molar-refractivity contribution in [3.8, 4) is 11.1 Å². The minimum atomic E-state index is -1.18. The Morgan fingerprint density at radius 2 is 1.87 bits per heavy atom. The number of pyridine rings is 1. The van der Waals surface area contributed by atoms with Crippen molar-refractivity contribution in [3.63, 3.8) is 0 Å². The first-order valence-corrected chi connectivity index (χ1v) is 15.7. The molecule has 0 bridgehead atoms. The van der Waals surface area contributed by atoms with Gasteiger partial charge in [-0.25, -0.2) is 15.0 Å². The molecule has 2 N–H and O–H groups in total. The lowest BCUT2D eigenvalue weighted by atomic mass is 9.99. The zero-order valence-corrected chi connectivity index (χ0v) is 27.5. The van der Waals surface area contributed by atoms with Crippen LogP contribution in [0, 0.1) is 19.8 Å². The van der Waals surface area contributed by atoms with Gasteiger partial charge in [-0.3, -0.25) is 19.1 Å². The molecule has 2 aliphatic heterocycles. The van der Waals surface area contributed by atoms with Crippen LogP contribution in [0.4, 0.5) is 5.82 Å². The fourth-order valence-corrected chi connectivity index (χ4v) is 6.57.